The van der Waals surface area contributed by atoms with Gasteiger partial charge >= 0.3 is 0 Å². The zero-order valence-corrected chi connectivity index (χ0v) is 16.6. The van der Waals surface area contributed by atoms with Crippen molar-refractivity contribution in [2.24, 2.45) is 5.92 Å². The molecule has 0 unspecified atom stereocenters. The first-order chi connectivity index (χ1) is 13.1. The summed E-state index contributed by atoms with van der Waals surface area (Å²) in [5, 5.41) is 3.67. The average molecular weight is 403 g/mol. The van der Waals surface area contributed by atoms with Crippen LogP contribution in [-0.4, -0.2) is 35.6 Å². The molecular formula is C21H23ClN2O2S. The molecule has 142 valence electrons. The van der Waals surface area contributed by atoms with Crippen molar-refractivity contribution in [3.05, 3.63) is 59.6 Å². The van der Waals surface area contributed by atoms with Crippen LogP contribution >= 0.6 is 23.4 Å². The van der Waals surface area contributed by atoms with Crippen molar-refractivity contribution in [2.75, 3.05) is 24.2 Å². The SMILES string of the molecule is O=C(Nc1ccccc1)C1CCN(C(=O)CCSc2ccc(Cl)cc2)CC1. The van der Waals surface area contributed by atoms with Gasteiger partial charge in [0.2, 0.25) is 11.8 Å². The highest BCUT2D eigenvalue weighted by Crippen LogP contribution is 2.23. The molecule has 1 aliphatic heterocycles. The molecule has 2 aromatic carbocycles. The Labute approximate surface area is 169 Å². The fraction of sp³-hybridized carbons (Fsp3) is 0.333. The van der Waals surface area contributed by atoms with Crippen LogP contribution in [0.4, 0.5) is 5.69 Å². The van der Waals surface area contributed by atoms with E-state index in [9.17, 15) is 9.59 Å². The Morgan fingerprint density at radius 3 is 2.37 bits per heavy atom. The van der Waals surface area contributed by atoms with E-state index in [1.807, 2.05) is 59.5 Å². The number of nitrogens with zero attached hydrogens (tertiary/aromatic N) is 1. The van der Waals surface area contributed by atoms with Gasteiger partial charge in [0.05, 0.1) is 0 Å². The maximum atomic E-state index is 12.4. The van der Waals surface area contributed by atoms with Crippen molar-refractivity contribution < 1.29 is 9.59 Å². The lowest BCUT2D eigenvalue weighted by Crippen LogP contribution is -2.41. The predicted octanol–water partition coefficient (Wildman–Crippen LogP) is 4.70. The lowest BCUT2D eigenvalue weighted by molar-refractivity contribution is -0.134. The first kappa shape index (κ1) is 19.8. The summed E-state index contributed by atoms with van der Waals surface area (Å²) in [6, 6.07) is 17.1. The van der Waals surface area contributed by atoms with Gasteiger partial charge in [0, 0.05) is 46.8 Å². The van der Waals surface area contributed by atoms with Crippen molar-refractivity contribution in [1.29, 1.82) is 0 Å². The predicted molar refractivity (Wildman–Crippen MR) is 111 cm³/mol. The summed E-state index contributed by atoms with van der Waals surface area (Å²) in [7, 11) is 0. The van der Waals surface area contributed by atoms with E-state index in [0.717, 1.165) is 21.4 Å². The summed E-state index contributed by atoms with van der Waals surface area (Å²) in [6.45, 7) is 1.30. The second-order valence-electron chi connectivity index (χ2n) is 6.56. The summed E-state index contributed by atoms with van der Waals surface area (Å²) in [6.07, 6.45) is 1.94. The van der Waals surface area contributed by atoms with Crippen molar-refractivity contribution in [1.82, 2.24) is 4.90 Å². The summed E-state index contributed by atoms with van der Waals surface area (Å²) < 4.78 is 0. The second-order valence-corrected chi connectivity index (χ2v) is 8.17. The number of thioether (sulfide) groups is 1. The fourth-order valence-electron chi connectivity index (χ4n) is 3.10. The first-order valence-electron chi connectivity index (χ1n) is 9.14. The van der Waals surface area contributed by atoms with E-state index in [2.05, 4.69) is 5.32 Å². The van der Waals surface area contributed by atoms with Crippen molar-refractivity contribution in [3.8, 4) is 0 Å². The normalized spacial score (nSPS) is 14.8. The third-order valence-electron chi connectivity index (χ3n) is 4.66. The van der Waals surface area contributed by atoms with Gasteiger partial charge in [-0.3, -0.25) is 9.59 Å². The summed E-state index contributed by atoms with van der Waals surface area (Å²) in [5.74, 6) is 0.928. The van der Waals surface area contributed by atoms with E-state index >= 15 is 0 Å². The van der Waals surface area contributed by atoms with Crippen LogP contribution in [0.3, 0.4) is 0 Å². The monoisotopic (exact) mass is 402 g/mol. The van der Waals surface area contributed by atoms with Crippen LogP contribution < -0.4 is 5.32 Å². The quantitative estimate of drug-likeness (QED) is 0.712. The van der Waals surface area contributed by atoms with Gasteiger partial charge in [-0.25, -0.2) is 0 Å². The summed E-state index contributed by atoms with van der Waals surface area (Å²) in [5.41, 5.74) is 0.820. The van der Waals surface area contributed by atoms with Crippen molar-refractivity contribution in [2.45, 2.75) is 24.2 Å². The average Bonchev–Trinajstić information content (AvgIpc) is 2.70. The maximum absolute atomic E-state index is 12.4. The number of amides is 2. The molecular weight excluding hydrogens is 380 g/mol. The molecule has 6 heteroatoms. The van der Waals surface area contributed by atoms with Gasteiger partial charge in [-0.1, -0.05) is 29.8 Å². The van der Waals surface area contributed by atoms with E-state index in [0.29, 0.717) is 32.4 Å². The van der Waals surface area contributed by atoms with Gasteiger partial charge in [-0.2, -0.15) is 0 Å². The zero-order valence-electron chi connectivity index (χ0n) is 15.1. The summed E-state index contributed by atoms with van der Waals surface area (Å²) in [4.78, 5) is 27.8. The largest absolute Gasteiger partial charge is 0.343 e. The number of benzene rings is 2. The minimum absolute atomic E-state index is 0.0299. The minimum Gasteiger partial charge on any atom is -0.343 e. The molecule has 1 heterocycles. The van der Waals surface area contributed by atoms with E-state index in [-0.39, 0.29) is 17.7 Å². The molecule has 27 heavy (non-hydrogen) atoms. The number of piperidine rings is 1. The molecule has 0 aromatic heterocycles. The van der Waals surface area contributed by atoms with Crippen molar-refractivity contribution >= 4 is 40.9 Å². The lowest BCUT2D eigenvalue weighted by Gasteiger charge is -2.31. The number of likely N-dealkylation sites (tertiary alicyclic amines) is 1. The van der Waals surface area contributed by atoms with E-state index < -0.39 is 0 Å². The zero-order chi connectivity index (χ0) is 19.1. The van der Waals surface area contributed by atoms with E-state index in [4.69, 9.17) is 11.6 Å². The standard InChI is InChI=1S/C21H23ClN2O2S/c22-17-6-8-19(9-7-17)27-15-12-20(25)24-13-10-16(11-14-24)21(26)23-18-4-2-1-3-5-18/h1-9,16H,10-15H2,(H,23,26). The number of carbonyl (C=O) groups is 2. The third-order valence-corrected chi connectivity index (χ3v) is 5.92. The molecule has 0 spiro atoms. The number of halogens is 1. The molecule has 2 amide bonds. The van der Waals surface area contributed by atoms with Crippen LogP contribution in [0.5, 0.6) is 0 Å². The third kappa shape index (κ3) is 6.01. The molecule has 1 saturated heterocycles. The molecule has 0 bridgehead atoms. The molecule has 4 nitrogen and oxygen atoms in total. The highest BCUT2D eigenvalue weighted by Gasteiger charge is 2.27. The van der Waals surface area contributed by atoms with Gasteiger partial charge in [0.25, 0.3) is 0 Å². The Bertz CT molecular complexity index is 760. The van der Waals surface area contributed by atoms with Crippen LogP contribution in [0.25, 0.3) is 0 Å². The lowest BCUT2D eigenvalue weighted by atomic mass is 9.95. The van der Waals surface area contributed by atoms with Gasteiger partial charge in [-0.05, 0) is 49.2 Å². The van der Waals surface area contributed by atoms with Crippen LogP contribution in [0.15, 0.2) is 59.5 Å². The number of para-hydroxylation sites is 1. The number of rotatable bonds is 6. The molecule has 1 aliphatic rings. The fourth-order valence-corrected chi connectivity index (χ4v) is 4.07. The second kappa shape index (κ2) is 9.81. The molecule has 0 aliphatic carbocycles. The summed E-state index contributed by atoms with van der Waals surface area (Å²) >= 11 is 7.54. The molecule has 0 atom stereocenters. The smallest absolute Gasteiger partial charge is 0.227 e. The highest BCUT2D eigenvalue weighted by atomic mass is 35.5. The van der Waals surface area contributed by atoms with E-state index in [1.54, 1.807) is 11.8 Å². The number of nitrogens with one attached hydrogen (secondary N) is 1. The first-order valence-corrected chi connectivity index (χ1v) is 10.5. The Hall–Kier alpha value is -1.98. The molecule has 1 fully saturated rings. The highest BCUT2D eigenvalue weighted by molar-refractivity contribution is 7.99. The van der Waals surface area contributed by atoms with Crippen LogP contribution in [0.2, 0.25) is 5.02 Å². The van der Waals surface area contributed by atoms with Gasteiger partial charge in [0.1, 0.15) is 0 Å². The number of hydrogen-bond acceptors (Lipinski definition) is 3. The minimum atomic E-state index is -0.0299. The number of hydrogen-bond donors (Lipinski definition) is 1. The van der Waals surface area contributed by atoms with Crippen molar-refractivity contribution in [3.63, 3.8) is 0 Å². The van der Waals surface area contributed by atoms with Gasteiger partial charge < -0.3 is 10.2 Å². The van der Waals surface area contributed by atoms with Crippen LogP contribution in [0, 0.1) is 5.92 Å². The van der Waals surface area contributed by atoms with Crippen LogP contribution in [-0.2, 0) is 9.59 Å². The number of anilines is 1. The van der Waals surface area contributed by atoms with Gasteiger partial charge in [-0.15, -0.1) is 11.8 Å². The van der Waals surface area contributed by atoms with Gasteiger partial charge in [0.15, 0.2) is 0 Å². The maximum Gasteiger partial charge on any atom is 0.227 e. The van der Waals surface area contributed by atoms with E-state index in [1.165, 1.54) is 0 Å². The topological polar surface area (TPSA) is 49.4 Å². The number of carbonyl (C=O) groups excluding carboxylic acids is 2. The molecule has 0 saturated carbocycles. The molecule has 0 radical (unpaired) electrons. The Kier molecular flexibility index (Phi) is 7.18. The molecule has 2 aromatic rings. The Morgan fingerprint density at radius 1 is 1.04 bits per heavy atom. The molecule has 3 rings (SSSR count). The Morgan fingerprint density at radius 2 is 1.70 bits per heavy atom. The molecule has 1 N–H and O–H groups in total. The Balaban J connectivity index is 1.38. The van der Waals surface area contributed by atoms with Crippen LogP contribution in [0.1, 0.15) is 19.3 Å².